The molecular weight excluding hydrogens is 320 g/mol. The molecule has 0 aliphatic heterocycles. The highest BCUT2D eigenvalue weighted by Gasteiger charge is 2.17. The van der Waals surface area contributed by atoms with Gasteiger partial charge in [0.2, 0.25) is 0 Å². The molecule has 2 aromatic rings. The van der Waals surface area contributed by atoms with Crippen LogP contribution in [0.1, 0.15) is 41.4 Å². The van der Waals surface area contributed by atoms with Crippen LogP contribution in [-0.4, -0.2) is 28.4 Å². The molecule has 0 fully saturated rings. The molecule has 0 aliphatic carbocycles. The predicted molar refractivity (Wildman–Crippen MR) is 91.0 cm³/mol. The molecule has 128 valence electrons. The summed E-state index contributed by atoms with van der Waals surface area (Å²) in [7, 11) is 0. The summed E-state index contributed by atoms with van der Waals surface area (Å²) in [5.74, 6) is -1.16. The van der Waals surface area contributed by atoms with Gasteiger partial charge >= 0.3 is 5.97 Å². The van der Waals surface area contributed by atoms with Crippen LogP contribution in [0.3, 0.4) is 0 Å². The van der Waals surface area contributed by atoms with Crippen molar-refractivity contribution in [1.82, 2.24) is 4.98 Å². The third kappa shape index (κ3) is 4.21. The van der Waals surface area contributed by atoms with Crippen molar-refractivity contribution in [2.45, 2.75) is 26.7 Å². The minimum Gasteiger partial charge on any atom is -0.506 e. The van der Waals surface area contributed by atoms with Crippen molar-refractivity contribution in [2.24, 2.45) is 0 Å². The molecule has 0 saturated heterocycles. The molecule has 25 heavy (non-hydrogen) atoms. The Morgan fingerprint density at radius 1 is 1.24 bits per heavy atom. The Morgan fingerprint density at radius 3 is 2.68 bits per heavy atom. The third-order valence-electron chi connectivity index (χ3n) is 3.73. The highest BCUT2D eigenvalue weighted by Crippen LogP contribution is 2.27. The molecule has 0 spiro atoms. The van der Waals surface area contributed by atoms with Crippen molar-refractivity contribution in [3.05, 3.63) is 47.2 Å². The lowest BCUT2D eigenvalue weighted by Crippen LogP contribution is -2.09. The second-order valence-electron chi connectivity index (χ2n) is 5.38. The van der Waals surface area contributed by atoms with E-state index in [2.05, 4.69) is 11.1 Å². The van der Waals surface area contributed by atoms with Crippen molar-refractivity contribution < 1.29 is 19.4 Å². The van der Waals surface area contributed by atoms with E-state index < -0.39 is 11.8 Å². The Labute approximate surface area is 145 Å². The summed E-state index contributed by atoms with van der Waals surface area (Å²) in [6, 6.07) is 10.3. The number of ketones is 1. The summed E-state index contributed by atoms with van der Waals surface area (Å²) < 4.78 is 4.79. The van der Waals surface area contributed by atoms with E-state index in [9.17, 15) is 14.7 Å². The fraction of sp³-hybridized carbons (Fsp3) is 0.263. The van der Waals surface area contributed by atoms with E-state index in [1.807, 2.05) is 0 Å². The Bertz CT molecular complexity index is 853. The molecule has 6 nitrogen and oxygen atoms in total. The highest BCUT2D eigenvalue weighted by atomic mass is 16.5. The van der Waals surface area contributed by atoms with E-state index in [0.29, 0.717) is 16.8 Å². The second-order valence-corrected chi connectivity index (χ2v) is 5.38. The van der Waals surface area contributed by atoms with Crippen LogP contribution in [0.5, 0.6) is 5.75 Å². The molecule has 1 N–H and O–H groups in total. The molecule has 2 rings (SSSR count). The number of rotatable bonds is 6. The maximum atomic E-state index is 12.3. The van der Waals surface area contributed by atoms with Crippen LogP contribution in [0.15, 0.2) is 30.3 Å². The molecule has 0 radical (unpaired) electrons. The van der Waals surface area contributed by atoms with Crippen LogP contribution in [0, 0.1) is 18.3 Å². The zero-order valence-electron chi connectivity index (χ0n) is 14.1. The molecule has 0 unspecified atom stereocenters. The quantitative estimate of drug-likeness (QED) is 0.641. The van der Waals surface area contributed by atoms with E-state index >= 15 is 0 Å². The van der Waals surface area contributed by atoms with Gasteiger partial charge in [-0.1, -0.05) is 12.1 Å². The maximum Gasteiger partial charge on any atom is 0.306 e. The van der Waals surface area contributed by atoms with Crippen LogP contribution < -0.4 is 0 Å². The smallest absolute Gasteiger partial charge is 0.306 e. The molecule has 6 heteroatoms. The molecule has 1 aromatic heterocycles. The van der Waals surface area contributed by atoms with Crippen LogP contribution in [0.4, 0.5) is 0 Å². The number of esters is 1. The van der Waals surface area contributed by atoms with Gasteiger partial charge in [-0.05, 0) is 37.6 Å². The average molecular weight is 338 g/mol. The number of nitrogens with zero attached hydrogens (tertiary/aromatic N) is 2. The molecule has 0 bridgehead atoms. The number of aromatic hydroxyl groups is 1. The van der Waals surface area contributed by atoms with Crippen molar-refractivity contribution in [2.75, 3.05) is 6.61 Å². The lowest BCUT2D eigenvalue weighted by molar-refractivity contribution is -0.143. The largest absolute Gasteiger partial charge is 0.506 e. The van der Waals surface area contributed by atoms with Crippen molar-refractivity contribution in [3.8, 4) is 23.1 Å². The number of hydrogen-bond acceptors (Lipinski definition) is 6. The molecule has 0 atom stereocenters. The zero-order valence-corrected chi connectivity index (χ0v) is 14.1. The van der Waals surface area contributed by atoms with Gasteiger partial charge in [-0.2, -0.15) is 5.26 Å². The second kappa shape index (κ2) is 8.06. The highest BCUT2D eigenvalue weighted by molar-refractivity contribution is 5.98. The standard InChI is InChI=1S/C19H18N2O4/c1-3-25-18(24)10-9-17(23)19-16(22)8-7-15(21-19)14-6-4-5-13(11-20)12(14)2/h4-8,22H,3,9-10H2,1-2H3. The van der Waals surface area contributed by atoms with Gasteiger partial charge in [-0.25, -0.2) is 4.98 Å². The fourth-order valence-electron chi connectivity index (χ4n) is 2.41. The van der Waals surface area contributed by atoms with Gasteiger partial charge in [0.25, 0.3) is 0 Å². The predicted octanol–water partition coefficient (Wildman–Crippen LogP) is 3.16. The number of nitriles is 1. The van der Waals surface area contributed by atoms with Crippen molar-refractivity contribution >= 4 is 11.8 Å². The lowest BCUT2D eigenvalue weighted by Gasteiger charge is -2.09. The van der Waals surface area contributed by atoms with Gasteiger partial charge < -0.3 is 9.84 Å². The van der Waals surface area contributed by atoms with Gasteiger partial charge in [0.15, 0.2) is 5.78 Å². The zero-order chi connectivity index (χ0) is 18.4. The summed E-state index contributed by atoms with van der Waals surface area (Å²) in [6.07, 6.45) is -0.166. The lowest BCUT2D eigenvalue weighted by atomic mass is 9.99. The summed E-state index contributed by atoms with van der Waals surface area (Å²) in [5.41, 5.74) is 2.35. The van der Waals surface area contributed by atoms with Gasteiger partial charge in [0.1, 0.15) is 11.4 Å². The van der Waals surface area contributed by atoms with Crippen LogP contribution >= 0.6 is 0 Å². The van der Waals surface area contributed by atoms with E-state index in [1.54, 1.807) is 38.1 Å². The van der Waals surface area contributed by atoms with E-state index in [4.69, 9.17) is 10.00 Å². The van der Waals surface area contributed by atoms with Gasteiger partial charge in [-0.3, -0.25) is 9.59 Å². The molecular formula is C19H18N2O4. The fourth-order valence-corrected chi connectivity index (χ4v) is 2.41. The minimum atomic E-state index is -0.468. The maximum absolute atomic E-state index is 12.3. The summed E-state index contributed by atoms with van der Waals surface area (Å²) in [6.45, 7) is 3.74. The monoisotopic (exact) mass is 338 g/mol. The first-order valence-corrected chi connectivity index (χ1v) is 7.86. The first-order chi connectivity index (χ1) is 12.0. The third-order valence-corrected chi connectivity index (χ3v) is 3.73. The Hall–Kier alpha value is -3.20. The normalized spacial score (nSPS) is 10.1. The Balaban J connectivity index is 2.31. The molecule has 1 heterocycles. The summed E-state index contributed by atoms with van der Waals surface area (Å²) in [5, 5.41) is 19.1. The van der Waals surface area contributed by atoms with Crippen LogP contribution in [0.2, 0.25) is 0 Å². The van der Waals surface area contributed by atoms with Crippen LogP contribution in [0.25, 0.3) is 11.3 Å². The Morgan fingerprint density at radius 2 is 2.00 bits per heavy atom. The molecule has 0 amide bonds. The van der Waals surface area contributed by atoms with Gasteiger partial charge in [0.05, 0.1) is 30.4 Å². The molecule has 0 aliphatic rings. The number of Topliss-reactive ketones (excluding diaryl/α,β-unsaturated/α-hetero) is 1. The first kappa shape index (κ1) is 18.1. The van der Waals surface area contributed by atoms with E-state index in [1.165, 1.54) is 6.07 Å². The summed E-state index contributed by atoms with van der Waals surface area (Å²) in [4.78, 5) is 27.9. The number of hydrogen-bond donors (Lipinski definition) is 1. The number of ether oxygens (including phenoxy) is 1. The van der Waals surface area contributed by atoms with E-state index in [-0.39, 0.29) is 30.9 Å². The number of carbonyl (C=O) groups excluding carboxylic acids is 2. The minimum absolute atomic E-state index is 0.0685. The van der Waals surface area contributed by atoms with Gasteiger partial charge in [-0.15, -0.1) is 0 Å². The SMILES string of the molecule is CCOC(=O)CCC(=O)c1nc(-c2cccc(C#N)c2C)ccc1O. The number of benzene rings is 1. The molecule has 1 aromatic carbocycles. The van der Waals surface area contributed by atoms with Crippen molar-refractivity contribution in [3.63, 3.8) is 0 Å². The Kier molecular flexibility index (Phi) is 5.85. The topological polar surface area (TPSA) is 100 Å². The van der Waals surface area contributed by atoms with Crippen LogP contribution in [-0.2, 0) is 9.53 Å². The first-order valence-electron chi connectivity index (χ1n) is 7.86. The number of carbonyl (C=O) groups is 2. The molecule has 0 saturated carbocycles. The van der Waals surface area contributed by atoms with E-state index in [0.717, 1.165) is 5.56 Å². The van der Waals surface area contributed by atoms with Gasteiger partial charge in [0, 0.05) is 12.0 Å². The average Bonchev–Trinajstić information content (AvgIpc) is 2.61. The summed E-state index contributed by atoms with van der Waals surface area (Å²) >= 11 is 0. The number of aromatic nitrogens is 1. The number of pyridine rings is 1. The van der Waals surface area contributed by atoms with Crippen molar-refractivity contribution in [1.29, 1.82) is 5.26 Å².